The molecule has 1 aromatic heterocycles. The van der Waals surface area contributed by atoms with Crippen LogP contribution >= 0.6 is 0 Å². The summed E-state index contributed by atoms with van der Waals surface area (Å²) < 4.78 is 2.59. The lowest BCUT2D eigenvalue weighted by Crippen LogP contribution is -2.13. The van der Waals surface area contributed by atoms with Gasteiger partial charge in [0, 0.05) is 24.4 Å². The van der Waals surface area contributed by atoms with E-state index in [0.717, 1.165) is 0 Å². The summed E-state index contributed by atoms with van der Waals surface area (Å²) in [6.07, 6.45) is 55.7. The first kappa shape index (κ1) is 44.2. The number of aromatic nitrogens is 2. The molecule has 0 aromatic carbocycles. The fraction of sp³-hybridized carbons (Fsp3) is 0.933. The molecule has 0 radical (unpaired) electrons. The molecule has 0 amide bonds. The van der Waals surface area contributed by atoms with Gasteiger partial charge in [-0.3, -0.25) is 0 Å². The molecule has 1 rings (SSSR count). The number of unbranched alkanes of at least 4 members (excludes halogenated alkanes) is 30. The Morgan fingerprint density at radius 3 is 1.00 bits per heavy atom. The van der Waals surface area contributed by atoms with E-state index in [1.807, 2.05) is 0 Å². The second-order valence-electron chi connectivity index (χ2n) is 15.7. The quantitative estimate of drug-likeness (QED) is 0.0648. The second kappa shape index (κ2) is 35.1. The third-order valence-corrected chi connectivity index (χ3v) is 11.1. The van der Waals surface area contributed by atoms with E-state index in [2.05, 4.69) is 44.7 Å². The number of hydrogen-bond donors (Lipinski definition) is 0. The molecule has 0 aliphatic carbocycles. The van der Waals surface area contributed by atoms with Gasteiger partial charge in [0.1, 0.15) is 5.82 Å². The van der Waals surface area contributed by atoms with Gasteiger partial charge in [-0.05, 0) is 26.2 Å². The molecule has 0 aliphatic heterocycles. The van der Waals surface area contributed by atoms with Crippen LogP contribution in [0.1, 0.15) is 277 Å². The van der Waals surface area contributed by atoms with Gasteiger partial charge < -0.3 is 4.57 Å². The highest BCUT2D eigenvalue weighted by molar-refractivity contribution is 5.02. The van der Waals surface area contributed by atoms with Crippen LogP contribution in [-0.2, 0) is 0 Å². The maximum Gasteiger partial charge on any atom is 0.111 e. The van der Waals surface area contributed by atoms with Crippen molar-refractivity contribution in [2.24, 2.45) is 0 Å². The molecule has 2 nitrogen and oxygen atoms in total. The number of hydrogen-bond acceptors (Lipinski definition) is 1. The van der Waals surface area contributed by atoms with Crippen molar-refractivity contribution in [1.29, 1.82) is 0 Å². The molecule has 0 spiro atoms. The van der Waals surface area contributed by atoms with E-state index < -0.39 is 0 Å². The lowest BCUT2D eigenvalue weighted by atomic mass is 9.92. The van der Waals surface area contributed by atoms with Gasteiger partial charge in [-0.2, -0.15) is 0 Å². The summed E-state index contributed by atoms with van der Waals surface area (Å²) in [6, 6.07) is 0.587. The predicted molar refractivity (Wildman–Crippen MR) is 213 cm³/mol. The molecule has 1 aromatic rings. The fourth-order valence-corrected chi connectivity index (χ4v) is 7.77. The largest absolute Gasteiger partial charge is 0.332 e. The lowest BCUT2D eigenvalue weighted by molar-refractivity contribution is 0.412. The summed E-state index contributed by atoms with van der Waals surface area (Å²) in [5.41, 5.74) is 0. The van der Waals surface area contributed by atoms with Crippen molar-refractivity contribution < 1.29 is 0 Å². The van der Waals surface area contributed by atoms with Gasteiger partial charge >= 0.3 is 0 Å². The zero-order valence-corrected chi connectivity index (χ0v) is 33.2. The SMILES string of the molecule is CCCCCCCCCCCCCCCCCC(CCCCCCCCCCCCC)c1nccn1C(C)CCCCCCCCC. The average Bonchev–Trinajstić information content (AvgIpc) is 3.57. The van der Waals surface area contributed by atoms with Crippen LogP contribution in [0.25, 0.3) is 0 Å². The highest BCUT2D eigenvalue weighted by atomic mass is 15.1. The van der Waals surface area contributed by atoms with Crippen LogP contribution in [0, 0.1) is 0 Å². The van der Waals surface area contributed by atoms with Gasteiger partial charge in [0.25, 0.3) is 0 Å². The smallest absolute Gasteiger partial charge is 0.111 e. The normalized spacial score (nSPS) is 13.0. The van der Waals surface area contributed by atoms with Crippen LogP contribution in [0.15, 0.2) is 12.4 Å². The van der Waals surface area contributed by atoms with E-state index in [9.17, 15) is 0 Å². The van der Waals surface area contributed by atoms with E-state index in [0.29, 0.717) is 12.0 Å². The maximum atomic E-state index is 5.04. The Hall–Kier alpha value is -0.790. The second-order valence-corrected chi connectivity index (χ2v) is 15.7. The Bertz CT molecular complexity index is 723. The van der Waals surface area contributed by atoms with Crippen molar-refractivity contribution in [3.8, 4) is 0 Å². The van der Waals surface area contributed by atoms with Crippen molar-refractivity contribution >= 4 is 0 Å². The highest BCUT2D eigenvalue weighted by Crippen LogP contribution is 2.31. The maximum absolute atomic E-state index is 5.04. The van der Waals surface area contributed by atoms with E-state index in [4.69, 9.17) is 4.98 Å². The molecule has 0 saturated carbocycles. The Kier molecular flexibility index (Phi) is 33.0. The van der Waals surface area contributed by atoms with Crippen molar-refractivity contribution in [3.05, 3.63) is 18.2 Å². The molecular weight excluding hydrogens is 569 g/mol. The summed E-state index contributed by atoms with van der Waals surface area (Å²) in [5.74, 6) is 2.07. The third-order valence-electron chi connectivity index (χ3n) is 11.1. The summed E-state index contributed by atoms with van der Waals surface area (Å²) in [4.78, 5) is 5.04. The van der Waals surface area contributed by atoms with Crippen molar-refractivity contribution in [2.75, 3.05) is 0 Å². The molecule has 2 atom stereocenters. The van der Waals surface area contributed by atoms with Crippen LogP contribution in [0.4, 0.5) is 0 Å². The van der Waals surface area contributed by atoms with Gasteiger partial charge in [-0.25, -0.2) is 4.98 Å². The van der Waals surface area contributed by atoms with Crippen molar-refractivity contribution in [1.82, 2.24) is 9.55 Å². The van der Waals surface area contributed by atoms with Gasteiger partial charge in [0.15, 0.2) is 0 Å². The number of rotatable bonds is 38. The van der Waals surface area contributed by atoms with E-state index in [1.165, 1.54) is 237 Å². The minimum atomic E-state index is 0.587. The summed E-state index contributed by atoms with van der Waals surface area (Å²) in [5, 5.41) is 0. The Morgan fingerprint density at radius 2 is 0.681 bits per heavy atom. The molecule has 0 saturated heterocycles. The molecule has 2 heteroatoms. The zero-order chi connectivity index (χ0) is 33.9. The van der Waals surface area contributed by atoms with Crippen LogP contribution in [0.5, 0.6) is 0 Å². The molecular formula is C45H88N2. The first-order valence-corrected chi connectivity index (χ1v) is 22.3. The van der Waals surface area contributed by atoms with Crippen molar-refractivity contribution in [3.63, 3.8) is 0 Å². The average molecular weight is 657 g/mol. The lowest BCUT2D eigenvalue weighted by Gasteiger charge is -2.22. The zero-order valence-electron chi connectivity index (χ0n) is 33.2. The summed E-state index contributed by atoms with van der Waals surface area (Å²) in [6.45, 7) is 9.40. The standard InChI is InChI=1S/C45H88N2/c1-5-8-11-14-17-19-21-22-23-24-26-28-31-34-37-40-44(39-36-33-30-27-25-20-18-15-12-9-6-2)45-46-41-42-47(45)43(4)38-35-32-29-16-13-10-7-3/h41-44H,5-40H2,1-4H3. The number of nitrogens with zero attached hydrogens (tertiary/aromatic N) is 2. The fourth-order valence-electron chi connectivity index (χ4n) is 7.77. The van der Waals surface area contributed by atoms with Crippen LogP contribution < -0.4 is 0 Å². The molecule has 0 fully saturated rings. The van der Waals surface area contributed by atoms with E-state index in [-0.39, 0.29) is 0 Å². The van der Waals surface area contributed by atoms with Crippen LogP contribution in [0.2, 0.25) is 0 Å². The highest BCUT2D eigenvalue weighted by Gasteiger charge is 2.19. The molecule has 0 bridgehead atoms. The van der Waals surface area contributed by atoms with E-state index >= 15 is 0 Å². The first-order valence-electron chi connectivity index (χ1n) is 22.3. The predicted octanol–water partition coefficient (Wildman–Crippen LogP) is 16.6. The van der Waals surface area contributed by atoms with Gasteiger partial charge in [-0.15, -0.1) is 0 Å². The van der Waals surface area contributed by atoms with Crippen LogP contribution in [0.3, 0.4) is 0 Å². The number of imidazole rings is 1. The topological polar surface area (TPSA) is 17.8 Å². The molecule has 278 valence electrons. The minimum absolute atomic E-state index is 0.587. The molecule has 0 aliphatic rings. The van der Waals surface area contributed by atoms with E-state index in [1.54, 1.807) is 0 Å². The molecule has 0 N–H and O–H groups in total. The monoisotopic (exact) mass is 657 g/mol. The Labute approximate surface area is 297 Å². The van der Waals surface area contributed by atoms with Crippen LogP contribution in [-0.4, -0.2) is 9.55 Å². The Morgan fingerprint density at radius 1 is 0.404 bits per heavy atom. The summed E-state index contributed by atoms with van der Waals surface area (Å²) >= 11 is 0. The first-order chi connectivity index (χ1) is 23.2. The van der Waals surface area contributed by atoms with Crippen molar-refractivity contribution in [2.45, 2.75) is 271 Å². The summed E-state index contributed by atoms with van der Waals surface area (Å²) in [7, 11) is 0. The molecule has 47 heavy (non-hydrogen) atoms. The third kappa shape index (κ3) is 26.7. The molecule has 1 heterocycles. The molecule has 2 unspecified atom stereocenters. The van der Waals surface area contributed by atoms with Gasteiger partial charge in [0.05, 0.1) is 0 Å². The van der Waals surface area contributed by atoms with Gasteiger partial charge in [-0.1, -0.05) is 233 Å². The Balaban J connectivity index is 2.37. The van der Waals surface area contributed by atoms with Gasteiger partial charge in [0.2, 0.25) is 0 Å². The minimum Gasteiger partial charge on any atom is -0.332 e.